The van der Waals surface area contributed by atoms with Crippen LogP contribution in [0.4, 0.5) is 5.82 Å². The first-order valence-electron chi connectivity index (χ1n) is 5.40. The molecule has 0 spiro atoms. The molecule has 0 aliphatic carbocycles. The normalized spacial score (nSPS) is 10.9. The van der Waals surface area contributed by atoms with Crippen LogP contribution < -0.4 is 5.73 Å². The Morgan fingerprint density at radius 3 is 2.82 bits per heavy atom. The Bertz CT molecular complexity index is 685. The fourth-order valence-electron chi connectivity index (χ4n) is 1.98. The Hall–Kier alpha value is -2.36. The number of rotatable bonds is 1. The Morgan fingerprint density at radius 2 is 2.06 bits per heavy atom. The number of aryl methyl sites for hydroxylation is 1. The van der Waals surface area contributed by atoms with Crippen LogP contribution in [0.15, 0.2) is 36.7 Å². The van der Waals surface area contributed by atoms with Gasteiger partial charge in [-0.1, -0.05) is 12.1 Å². The molecule has 84 valence electrons. The van der Waals surface area contributed by atoms with Gasteiger partial charge in [-0.15, -0.1) is 0 Å². The van der Waals surface area contributed by atoms with Gasteiger partial charge in [-0.2, -0.15) is 5.10 Å². The first-order valence-corrected chi connectivity index (χ1v) is 5.40. The lowest BCUT2D eigenvalue weighted by atomic mass is 10.0. The number of nitrogens with two attached hydrogens (primary N) is 1. The Balaban J connectivity index is 2.20. The molecule has 0 unspecified atom stereocenters. The van der Waals surface area contributed by atoms with E-state index >= 15 is 0 Å². The number of aromatic nitrogens is 3. The van der Waals surface area contributed by atoms with Gasteiger partial charge in [0.15, 0.2) is 0 Å². The van der Waals surface area contributed by atoms with E-state index in [1.807, 2.05) is 18.5 Å². The summed E-state index contributed by atoms with van der Waals surface area (Å²) < 4.78 is 0. The average molecular weight is 224 g/mol. The molecule has 4 nitrogen and oxygen atoms in total. The van der Waals surface area contributed by atoms with Crippen molar-refractivity contribution in [2.45, 2.75) is 6.92 Å². The summed E-state index contributed by atoms with van der Waals surface area (Å²) >= 11 is 0. The van der Waals surface area contributed by atoms with Crippen molar-refractivity contribution in [2.75, 3.05) is 5.73 Å². The maximum atomic E-state index is 5.60. The van der Waals surface area contributed by atoms with Crippen LogP contribution in [0.5, 0.6) is 0 Å². The number of nitrogen functional groups attached to an aromatic ring is 1. The van der Waals surface area contributed by atoms with Crippen LogP contribution >= 0.6 is 0 Å². The van der Waals surface area contributed by atoms with Crippen molar-refractivity contribution in [3.8, 4) is 11.3 Å². The first-order chi connectivity index (χ1) is 8.24. The molecule has 0 bridgehead atoms. The monoisotopic (exact) mass is 224 g/mol. The summed E-state index contributed by atoms with van der Waals surface area (Å²) in [6, 6.07) is 8.06. The fraction of sp³-hybridized carbons (Fsp3) is 0.0769. The van der Waals surface area contributed by atoms with Gasteiger partial charge in [0.1, 0.15) is 5.82 Å². The first kappa shape index (κ1) is 9.84. The number of aromatic amines is 1. The highest BCUT2D eigenvalue weighted by molar-refractivity contribution is 5.88. The van der Waals surface area contributed by atoms with Gasteiger partial charge < -0.3 is 5.73 Å². The van der Waals surface area contributed by atoms with Crippen molar-refractivity contribution >= 4 is 16.6 Å². The summed E-state index contributed by atoms with van der Waals surface area (Å²) in [5, 5.41) is 9.17. The van der Waals surface area contributed by atoms with Gasteiger partial charge in [-0.25, -0.2) is 0 Å². The molecular formula is C13H12N4. The van der Waals surface area contributed by atoms with Gasteiger partial charge >= 0.3 is 0 Å². The number of H-pyrrole nitrogens is 1. The molecule has 0 aliphatic heterocycles. The van der Waals surface area contributed by atoms with Crippen LogP contribution in [0.1, 0.15) is 5.56 Å². The zero-order valence-corrected chi connectivity index (χ0v) is 9.44. The highest BCUT2D eigenvalue weighted by Crippen LogP contribution is 2.24. The molecule has 0 aliphatic rings. The molecule has 1 aromatic carbocycles. The van der Waals surface area contributed by atoms with Gasteiger partial charge in [0, 0.05) is 29.4 Å². The van der Waals surface area contributed by atoms with E-state index in [1.54, 1.807) is 0 Å². The summed E-state index contributed by atoms with van der Waals surface area (Å²) in [6.45, 7) is 2.06. The van der Waals surface area contributed by atoms with E-state index < -0.39 is 0 Å². The summed E-state index contributed by atoms with van der Waals surface area (Å²) in [5.41, 5.74) is 8.76. The molecule has 0 saturated heterocycles. The lowest BCUT2D eigenvalue weighted by Gasteiger charge is -2.03. The van der Waals surface area contributed by atoms with Crippen molar-refractivity contribution in [2.24, 2.45) is 0 Å². The SMILES string of the molecule is Cc1cncc2cc(-c3cc(N)n[nH]3)ccc12. The number of benzene rings is 1. The number of nitrogens with zero attached hydrogens (tertiary/aromatic N) is 2. The lowest BCUT2D eigenvalue weighted by molar-refractivity contribution is 1.10. The third kappa shape index (κ3) is 1.63. The van der Waals surface area contributed by atoms with Crippen molar-refractivity contribution < 1.29 is 0 Å². The number of anilines is 1. The predicted molar refractivity (Wildman–Crippen MR) is 68.5 cm³/mol. The second kappa shape index (κ2) is 3.59. The van der Waals surface area contributed by atoms with Crippen molar-refractivity contribution in [3.63, 3.8) is 0 Å². The number of nitrogens with one attached hydrogen (secondary N) is 1. The molecule has 0 radical (unpaired) electrons. The number of hydrogen-bond acceptors (Lipinski definition) is 3. The topological polar surface area (TPSA) is 67.6 Å². The number of fused-ring (bicyclic) bond motifs is 1. The highest BCUT2D eigenvalue weighted by Gasteiger charge is 2.04. The van der Waals surface area contributed by atoms with Crippen LogP contribution in [0.3, 0.4) is 0 Å². The molecule has 3 aromatic rings. The van der Waals surface area contributed by atoms with Crippen LogP contribution in [0.25, 0.3) is 22.0 Å². The molecule has 2 aromatic heterocycles. The second-order valence-corrected chi connectivity index (χ2v) is 4.10. The van der Waals surface area contributed by atoms with Crippen LogP contribution in [0.2, 0.25) is 0 Å². The van der Waals surface area contributed by atoms with Crippen molar-refractivity contribution in [3.05, 3.63) is 42.2 Å². The van der Waals surface area contributed by atoms with E-state index in [-0.39, 0.29) is 0 Å². The van der Waals surface area contributed by atoms with Gasteiger partial charge in [-0.3, -0.25) is 10.1 Å². The van der Waals surface area contributed by atoms with E-state index in [4.69, 9.17) is 5.73 Å². The maximum Gasteiger partial charge on any atom is 0.145 e. The molecular weight excluding hydrogens is 212 g/mol. The highest BCUT2D eigenvalue weighted by atomic mass is 15.2. The Kier molecular flexibility index (Phi) is 2.08. The van der Waals surface area contributed by atoms with Crippen molar-refractivity contribution in [1.82, 2.24) is 15.2 Å². The standard InChI is InChI=1S/C13H12N4/c1-8-6-15-7-10-4-9(2-3-11(8)10)12-5-13(14)17-16-12/h2-7H,1H3,(H3,14,16,17). The summed E-state index contributed by atoms with van der Waals surface area (Å²) in [7, 11) is 0. The molecule has 3 N–H and O–H groups in total. The molecule has 0 saturated carbocycles. The molecule has 0 atom stereocenters. The Labute approximate surface area is 98.5 Å². The fourth-order valence-corrected chi connectivity index (χ4v) is 1.98. The minimum Gasteiger partial charge on any atom is -0.382 e. The minimum atomic E-state index is 0.502. The van der Waals surface area contributed by atoms with E-state index in [1.165, 1.54) is 10.9 Å². The zero-order chi connectivity index (χ0) is 11.8. The van der Waals surface area contributed by atoms with Crippen molar-refractivity contribution in [1.29, 1.82) is 0 Å². The summed E-state index contributed by atoms with van der Waals surface area (Å²) in [4.78, 5) is 4.20. The smallest absolute Gasteiger partial charge is 0.145 e. The zero-order valence-electron chi connectivity index (χ0n) is 9.44. The van der Waals surface area contributed by atoms with E-state index in [9.17, 15) is 0 Å². The molecule has 0 amide bonds. The largest absolute Gasteiger partial charge is 0.382 e. The predicted octanol–water partition coefficient (Wildman–Crippen LogP) is 2.52. The van der Waals surface area contributed by atoms with E-state index in [0.29, 0.717) is 5.82 Å². The van der Waals surface area contributed by atoms with Gasteiger partial charge in [0.25, 0.3) is 0 Å². The molecule has 17 heavy (non-hydrogen) atoms. The van der Waals surface area contributed by atoms with E-state index in [2.05, 4.69) is 40.3 Å². The van der Waals surface area contributed by atoms with Gasteiger partial charge in [0.2, 0.25) is 0 Å². The Morgan fingerprint density at radius 1 is 1.18 bits per heavy atom. The average Bonchev–Trinajstić information content (AvgIpc) is 2.76. The van der Waals surface area contributed by atoms with E-state index in [0.717, 1.165) is 16.6 Å². The number of pyridine rings is 1. The van der Waals surface area contributed by atoms with Crippen LogP contribution in [-0.4, -0.2) is 15.2 Å². The van der Waals surface area contributed by atoms with Gasteiger partial charge in [0.05, 0.1) is 5.69 Å². The van der Waals surface area contributed by atoms with Crippen LogP contribution in [-0.2, 0) is 0 Å². The summed E-state index contributed by atoms with van der Waals surface area (Å²) in [5.74, 6) is 0.502. The quantitative estimate of drug-likeness (QED) is 0.667. The molecule has 0 fully saturated rings. The molecule has 4 heteroatoms. The summed E-state index contributed by atoms with van der Waals surface area (Å²) in [6.07, 6.45) is 3.74. The minimum absolute atomic E-state index is 0.502. The molecule has 2 heterocycles. The molecule has 3 rings (SSSR count). The third-order valence-corrected chi connectivity index (χ3v) is 2.87. The van der Waals surface area contributed by atoms with Crippen LogP contribution in [0, 0.1) is 6.92 Å². The second-order valence-electron chi connectivity index (χ2n) is 4.10. The maximum absolute atomic E-state index is 5.60. The number of hydrogen-bond donors (Lipinski definition) is 2. The lowest BCUT2D eigenvalue weighted by Crippen LogP contribution is -1.83. The van der Waals surface area contributed by atoms with Gasteiger partial charge in [-0.05, 0) is 23.9 Å². The third-order valence-electron chi connectivity index (χ3n) is 2.87.